The van der Waals surface area contributed by atoms with E-state index in [1.807, 2.05) is 0 Å². The van der Waals surface area contributed by atoms with Gasteiger partial charge in [0.05, 0.1) is 6.67 Å². The monoisotopic (exact) mass is 172 g/mol. The molecule has 0 aliphatic carbocycles. The zero-order valence-corrected chi connectivity index (χ0v) is 7.53. The van der Waals surface area contributed by atoms with Gasteiger partial charge in [0.2, 0.25) is 0 Å². The van der Waals surface area contributed by atoms with Gasteiger partial charge in [-0.1, -0.05) is 6.92 Å². The lowest BCUT2D eigenvalue weighted by atomic mass is 10.0. The van der Waals surface area contributed by atoms with E-state index < -0.39 is 0 Å². The van der Waals surface area contributed by atoms with Gasteiger partial charge in [0.15, 0.2) is 0 Å². The summed E-state index contributed by atoms with van der Waals surface area (Å²) in [5, 5.41) is 4.20. The fourth-order valence-electron chi connectivity index (χ4n) is 1.10. The maximum Gasteiger partial charge on any atom is 0.0897 e. The zero-order valence-electron chi connectivity index (χ0n) is 6.72. The molecule has 1 heterocycles. The summed E-state index contributed by atoms with van der Waals surface area (Å²) < 4.78 is 11.9. The molecule has 0 fully saturated rings. The van der Waals surface area contributed by atoms with Crippen LogP contribution in [-0.4, -0.2) is 6.67 Å². The summed E-state index contributed by atoms with van der Waals surface area (Å²) in [4.78, 5) is 0. The Labute approximate surface area is 71.1 Å². The Kier molecular flexibility index (Phi) is 3.57. The topological polar surface area (TPSA) is 0 Å². The SMILES string of the molecule is CC(CCF)Cc1ccsc1. The molecule has 0 saturated heterocycles. The molecule has 1 atom stereocenters. The van der Waals surface area contributed by atoms with Gasteiger partial charge in [-0.3, -0.25) is 4.39 Å². The van der Waals surface area contributed by atoms with Crippen LogP contribution in [0.15, 0.2) is 16.8 Å². The second kappa shape index (κ2) is 4.50. The molecular weight excluding hydrogens is 159 g/mol. The first kappa shape index (κ1) is 8.72. The Balaban J connectivity index is 2.31. The highest BCUT2D eigenvalue weighted by molar-refractivity contribution is 7.07. The molecule has 0 aromatic carbocycles. The minimum absolute atomic E-state index is 0.189. The van der Waals surface area contributed by atoms with Gasteiger partial charge < -0.3 is 0 Å². The first-order valence-electron chi connectivity index (χ1n) is 3.90. The van der Waals surface area contributed by atoms with Crippen molar-refractivity contribution >= 4 is 11.3 Å². The van der Waals surface area contributed by atoms with E-state index in [0.717, 1.165) is 6.42 Å². The largest absolute Gasteiger partial charge is 0.251 e. The third-order valence-electron chi connectivity index (χ3n) is 1.77. The summed E-state index contributed by atoms with van der Waals surface area (Å²) in [7, 11) is 0. The molecule has 1 rings (SSSR count). The number of hydrogen-bond acceptors (Lipinski definition) is 1. The molecular formula is C9H13FS. The minimum Gasteiger partial charge on any atom is -0.251 e. The van der Waals surface area contributed by atoms with Gasteiger partial charge in [0.1, 0.15) is 0 Å². The van der Waals surface area contributed by atoms with E-state index in [0.29, 0.717) is 12.3 Å². The van der Waals surface area contributed by atoms with Crippen molar-refractivity contribution in [1.82, 2.24) is 0 Å². The van der Waals surface area contributed by atoms with Gasteiger partial charge >= 0.3 is 0 Å². The van der Waals surface area contributed by atoms with Crippen molar-refractivity contribution in [3.8, 4) is 0 Å². The maximum atomic E-state index is 11.9. The minimum atomic E-state index is -0.189. The number of alkyl halides is 1. The molecule has 2 heteroatoms. The quantitative estimate of drug-likeness (QED) is 0.653. The van der Waals surface area contributed by atoms with Crippen LogP contribution in [0.25, 0.3) is 0 Å². The molecule has 0 bridgehead atoms. The Bertz CT molecular complexity index is 181. The third kappa shape index (κ3) is 3.02. The zero-order chi connectivity index (χ0) is 8.10. The average molecular weight is 172 g/mol. The number of thiophene rings is 1. The van der Waals surface area contributed by atoms with Crippen LogP contribution in [0.5, 0.6) is 0 Å². The van der Waals surface area contributed by atoms with Crippen LogP contribution in [0.2, 0.25) is 0 Å². The van der Waals surface area contributed by atoms with Gasteiger partial charge in [-0.15, -0.1) is 0 Å². The van der Waals surface area contributed by atoms with Crippen molar-refractivity contribution in [2.75, 3.05) is 6.67 Å². The molecule has 0 aliphatic rings. The highest BCUT2D eigenvalue weighted by Crippen LogP contribution is 2.14. The first-order chi connectivity index (χ1) is 5.33. The van der Waals surface area contributed by atoms with Crippen LogP contribution in [0.3, 0.4) is 0 Å². The van der Waals surface area contributed by atoms with Gasteiger partial charge in [-0.25, -0.2) is 0 Å². The summed E-state index contributed by atoms with van der Waals surface area (Å²) in [5.41, 5.74) is 1.34. The molecule has 1 aromatic heterocycles. The molecule has 11 heavy (non-hydrogen) atoms. The predicted molar refractivity (Wildman–Crippen MR) is 47.8 cm³/mol. The Morgan fingerprint density at radius 3 is 3.00 bits per heavy atom. The second-order valence-corrected chi connectivity index (χ2v) is 3.70. The summed E-state index contributed by atoms with van der Waals surface area (Å²) in [6.07, 6.45) is 1.71. The molecule has 1 unspecified atom stereocenters. The molecule has 1 aromatic rings. The molecule has 0 N–H and O–H groups in total. The fraction of sp³-hybridized carbons (Fsp3) is 0.556. The van der Waals surface area contributed by atoms with E-state index in [1.165, 1.54) is 5.56 Å². The lowest BCUT2D eigenvalue weighted by Gasteiger charge is -2.05. The first-order valence-corrected chi connectivity index (χ1v) is 4.84. The van der Waals surface area contributed by atoms with Crippen LogP contribution >= 0.6 is 11.3 Å². The number of hydrogen-bond donors (Lipinski definition) is 0. The van der Waals surface area contributed by atoms with Crippen molar-refractivity contribution in [3.05, 3.63) is 22.4 Å². The molecule has 62 valence electrons. The van der Waals surface area contributed by atoms with Gasteiger partial charge in [0.25, 0.3) is 0 Å². The van der Waals surface area contributed by atoms with Gasteiger partial charge in [-0.2, -0.15) is 11.3 Å². The highest BCUT2D eigenvalue weighted by Gasteiger charge is 2.02. The van der Waals surface area contributed by atoms with Crippen molar-refractivity contribution in [1.29, 1.82) is 0 Å². The molecule has 0 radical (unpaired) electrons. The van der Waals surface area contributed by atoms with E-state index in [1.54, 1.807) is 11.3 Å². The van der Waals surface area contributed by atoms with Gasteiger partial charge in [-0.05, 0) is 41.1 Å². The summed E-state index contributed by atoms with van der Waals surface area (Å²) in [6.45, 7) is 1.91. The van der Waals surface area contributed by atoms with E-state index in [-0.39, 0.29) is 6.67 Å². The summed E-state index contributed by atoms with van der Waals surface area (Å²) in [5.74, 6) is 0.481. The Morgan fingerprint density at radius 2 is 2.45 bits per heavy atom. The van der Waals surface area contributed by atoms with Crippen LogP contribution in [0.4, 0.5) is 4.39 Å². The fourth-order valence-corrected chi connectivity index (χ4v) is 1.78. The van der Waals surface area contributed by atoms with Crippen molar-refractivity contribution in [2.24, 2.45) is 5.92 Å². The van der Waals surface area contributed by atoms with Crippen LogP contribution in [0.1, 0.15) is 18.9 Å². The molecule has 0 aliphatic heterocycles. The normalized spacial score (nSPS) is 13.3. The van der Waals surface area contributed by atoms with Crippen LogP contribution in [0, 0.1) is 5.92 Å². The second-order valence-electron chi connectivity index (χ2n) is 2.92. The van der Waals surface area contributed by atoms with Crippen LogP contribution < -0.4 is 0 Å². The van der Waals surface area contributed by atoms with Gasteiger partial charge in [0, 0.05) is 0 Å². The molecule has 0 amide bonds. The Hall–Kier alpha value is -0.370. The molecule has 0 saturated carbocycles. The number of rotatable bonds is 4. The van der Waals surface area contributed by atoms with E-state index >= 15 is 0 Å². The van der Waals surface area contributed by atoms with Crippen LogP contribution in [-0.2, 0) is 6.42 Å². The lowest BCUT2D eigenvalue weighted by Crippen LogP contribution is -1.99. The Morgan fingerprint density at radius 1 is 1.64 bits per heavy atom. The predicted octanol–water partition coefficient (Wildman–Crippen LogP) is 3.29. The van der Waals surface area contributed by atoms with Crippen molar-refractivity contribution in [3.63, 3.8) is 0 Å². The lowest BCUT2D eigenvalue weighted by molar-refractivity contribution is 0.403. The average Bonchev–Trinajstić information content (AvgIpc) is 2.40. The maximum absolute atomic E-state index is 11.9. The number of halogens is 1. The van der Waals surface area contributed by atoms with Crippen molar-refractivity contribution < 1.29 is 4.39 Å². The third-order valence-corrected chi connectivity index (χ3v) is 2.50. The van der Waals surface area contributed by atoms with Crippen molar-refractivity contribution in [2.45, 2.75) is 19.8 Å². The van der Waals surface area contributed by atoms with E-state index in [9.17, 15) is 4.39 Å². The van der Waals surface area contributed by atoms with E-state index in [2.05, 4.69) is 23.8 Å². The summed E-state index contributed by atoms with van der Waals surface area (Å²) >= 11 is 1.71. The highest BCUT2D eigenvalue weighted by atomic mass is 32.1. The molecule has 0 spiro atoms. The van der Waals surface area contributed by atoms with E-state index in [4.69, 9.17) is 0 Å². The summed E-state index contributed by atoms with van der Waals surface area (Å²) in [6, 6.07) is 2.11. The smallest absolute Gasteiger partial charge is 0.0897 e. The standard InChI is InChI=1S/C9H13FS/c1-8(2-4-10)6-9-3-5-11-7-9/h3,5,7-8H,2,4,6H2,1H3. The molecule has 0 nitrogen and oxygen atoms in total.